The topological polar surface area (TPSA) is 49.6 Å². The van der Waals surface area contributed by atoms with Crippen LogP contribution in [0, 0.1) is 15.9 Å². The first kappa shape index (κ1) is 14.9. The lowest BCUT2D eigenvalue weighted by Crippen LogP contribution is -2.41. The monoisotopic (exact) mass is 281 g/mol. The Hall–Kier alpha value is -1.53. The molecule has 0 radical (unpaired) electrons. The quantitative estimate of drug-likeness (QED) is 0.627. The lowest BCUT2D eigenvalue weighted by molar-refractivity contribution is -0.387. The van der Waals surface area contributed by atoms with E-state index in [0.717, 1.165) is 31.5 Å². The van der Waals surface area contributed by atoms with Crippen molar-refractivity contribution in [3.8, 4) is 0 Å². The molecule has 0 atom stereocenters. The van der Waals surface area contributed by atoms with Crippen LogP contribution in [0.5, 0.6) is 0 Å². The fraction of sp³-hybridized carbons (Fsp3) is 0.571. The SMILES string of the molecule is CN1CCC(N(C)Cc2ccc([N+](=O)[O-])c(F)c2)CC1. The third-order valence-corrected chi connectivity index (χ3v) is 3.95. The van der Waals surface area contributed by atoms with Crippen molar-refractivity contribution >= 4 is 5.69 Å². The van der Waals surface area contributed by atoms with Crippen LogP contribution in [0.3, 0.4) is 0 Å². The van der Waals surface area contributed by atoms with Crippen molar-refractivity contribution in [2.45, 2.75) is 25.4 Å². The van der Waals surface area contributed by atoms with Crippen molar-refractivity contribution in [1.29, 1.82) is 0 Å². The first-order chi connectivity index (χ1) is 9.47. The summed E-state index contributed by atoms with van der Waals surface area (Å²) in [7, 11) is 4.14. The van der Waals surface area contributed by atoms with E-state index in [1.807, 2.05) is 7.05 Å². The van der Waals surface area contributed by atoms with E-state index in [1.165, 1.54) is 12.1 Å². The van der Waals surface area contributed by atoms with Crippen LogP contribution in [-0.2, 0) is 6.54 Å². The second-order valence-corrected chi connectivity index (χ2v) is 5.49. The molecule has 0 saturated carbocycles. The Morgan fingerprint density at radius 3 is 2.65 bits per heavy atom. The van der Waals surface area contributed by atoms with Gasteiger partial charge in [0, 0.05) is 18.7 Å². The number of nitrogens with zero attached hydrogens (tertiary/aromatic N) is 3. The average Bonchev–Trinajstić information content (AvgIpc) is 2.39. The summed E-state index contributed by atoms with van der Waals surface area (Å²) < 4.78 is 13.6. The summed E-state index contributed by atoms with van der Waals surface area (Å²) in [5.74, 6) is -0.760. The summed E-state index contributed by atoms with van der Waals surface area (Å²) in [6.45, 7) is 2.76. The standard InChI is InChI=1S/C14H20FN3O2/c1-16-7-5-12(6-8-16)17(2)10-11-3-4-14(18(19)20)13(15)9-11/h3-4,9,12H,5-8,10H2,1-2H3. The highest BCUT2D eigenvalue weighted by molar-refractivity contribution is 5.34. The smallest absolute Gasteiger partial charge is 0.304 e. The zero-order chi connectivity index (χ0) is 14.7. The van der Waals surface area contributed by atoms with Crippen LogP contribution in [-0.4, -0.2) is 47.9 Å². The van der Waals surface area contributed by atoms with Crippen LogP contribution < -0.4 is 0 Å². The van der Waals surface area contributed by atoms with Crippen LogP contribution >= 0.6 is 0 Å². The van der Waals surface area contributed by atoms with E-state index in [9.17, 15) is 14.5 Å². The molecule has 6 heteroatoms. The molecule has 2 rings (SSSR count). The van der Waals surface area contributed by atoms with E-state index in [2.05, 4.69) is 16.8 Å². The Labute approximate surface area is 118 Å². The molecule has 1 heterocycles. The Bertz CT molecular complexity index is 487. The Balaban J connectivity index is 1.99. The van der Waals surface area contributed by atoms with Gasteiger partial charge < -0.3 is 4.90 Å². The van der Waals surface area contributed by atoms with E-state index in [4.69, 9.17) is 0 Å². The van der Waals surface area contributed by atoms with Gasteiger partial charge in [0.15, 0.2) is 0 Å². The summed E-state index contributed by atoms with van der Waals surface area (Å²) in [6.07, 6.45) is 2.20. The zero-order valence-corrected chi connectivity index (χ0v) is 11.9. The highest BCUT2D eigenvalue weighted by Gasteiger charge is 2.21. The van der Waals surface area contributed by atoms with Crippen molar-refractivity contribution in [1.82, 2.24) is 9.80 Å². The maximum atomic E-state index is 13.6. The van der Waals surface area contributed by atoms with E-state index in [1.54, 1.807) is 6.07 Å². The van der Waals surface area contributed by atoms with Gasteiger partial charge in [0.25, 0.3) is 0 Å². The van der Waals surface area contributed by atoms with Gasteiger partial charge in [-0.25, -0.2) is 0 Å². The van der Waals surface area contributed by atoms with Crippen molar-refractivity contribution in [3.63, 3.8) is 0 Å². The molecular formula is C14H20FN3O2. The van der Waals surface area contributed by atoms with E-state index in [-0.39, 0.29) is 0 Å². The normalized spacial score (nSPS) is 17.6. The summed E-state index contributed by atoms with van der Waals surface area (Å²) in [4.78, 5) is 14.4. The molecule has 0 N–H and O–H groups in total. The maximum absolute atomic E-state index is 13.6. The first-order valence-electron chi connectivity index (χ1n) is 6.79. The van der Waals surface area contributed by atoms with Crippen LogP contribution in [0.15, 0.2) is 18.2 Å². The summed E-state index contributed by atoms with van der Waals surface area (Å²) in [5.41, 5.74) is 0.310. The van der Waals surface area contributed by atoms with Gasteiger partial charge in [-0.05, 0) is 51.7 Å². The van der Waals surface area contributed by atoms with Gasteiger partial charge in [0.05, 0.1) is 4.92 Å². The van der Waals surface area contributed by atoms with Gasteiger partial charge in [-0.3, -0.25) is 15.0 Å². The van der Waals surface area contributed by atoms with Gasteiger partial charge >= 0.3 is 5.69 Å². The number of rotatable bonds is 4. The van der Waals surface area contributed by atoms with Crippen molar-refractivity contribution < 1.29 is 9.31 Å². The van der Waals surface area contributed by atoms with Gasteiger partial charge in [0.2, 0.25) is 5.82 Å². The van der Waals surface area contributed by atoms with Gasteiger partial charge in [-0.2, -0.15) is 4.39 Å². The molecule has 1 aliphatic heterocycles. The molecule has 0 aromatic heterocycles. The number of likely N-dealkylation sites (tertiary alicyclic amines) is 1. The highest BCUT2D eigenvalue weighted by atomic mass is 19.1. The summed E-state index contributed by atoms with van der Waals surface area (Å²) >= 11 is 0. The van der Waals surface area contributed by atoms with E-state index < -0.39 is 16.4 Å². The number of hydrogen-bond donors (Lipinski definition) is 0. The van der Waals surface area contributed by atoms with Crippen molar-refractivity contribution in [2.75, 3.05) is 27.2 Å². The maximum Gasteiger partial charge on any atom is 0.304 e. The zero-order valence-electron chi connectivity index (χ0n) is 11.9. The number of benzene rings is 1. The molecule has 1 aromatic rings. The number of halogens is 1. The number of nitro benzene ring substituents is 1. The summed E-state index contributed by atoms with van der Waals surface area (Å²) in [6, 6.07) is 4.63. The Morgan fingerprint density at radius 2 is 2.10 bits per heavy atom. The molecule has 110 valence electrons. The number of hydrogen-bond acceptors (Lipinski definition) is 4. The fourth-order valence-corrected chi connectivity index (χ4v) is 2.65. The minimum Gasteiger partial charge on any atom is -0.306 e. The van der Waals surface area contributed by atoms with Crippen LogP contribution in [0.1, 0.15) is 18.4 Å². The number of nitro groups is 1. The Kier molecular flexibility index (Phi) is 4.67. The molecule has 5 nitrogen and oxygen atoms in total. The van der Waals surface area contributed by atoms with Crippen LogP contribution in [0.2, 0.25) is 0 Å². The molecule has 0 amide bonds. The lowest BCUT2D eigenvalue weighted by Gasteiger charge is -2.35. The molecule has 0 unspecified atom stereocenters. The highest BCUT2D eigenvalue weighted by Crippen LogP contribution is 2.21. The molecule has 0 spiro atoms. The van der Waals surface area contributed by atoms with E-state index >= 15 is 0 Å². The van der Waals surface area contributed by atoms with Gasteiger partial charge in [-0.15, -0.1) is 0 Å². The molecular weight excluding hydrogens is 261 g/mol. The second-order valence-electron chi connectivity index (χ2n) is 5.49. The molecule has 1 aliphatic rings. The summed E-state index contributed by atoms with van der Waals surface area (Å²) in [5, 5.41) is 10.6. The molecule has 0 aliphatic carbocycles. The molecule has 1 aromatic carbocycles. The second kappa shape index (κ2) is 6.28. The predicted molar refractivity (Wildman–Crippen MR) is 75.0 cm³/mol. The number of piperidine rings is 1. The largest absolute Gasteiger partial charge is 0.306 e. The van der Waals surface area contributed by atoms with Crippen LogP contribution in [0.25, 0.3) is 0 Å². The fourth-order valence-electron chi connectivity index (χ4n) is 2.65. The predicted octanol–water partition coefficient (Wildman–Crippen LogP) is 2.26. The molecule has 0 bridgehead atoms. The van der Waals surface area contributed by atoms with Crippen molar-refractivity contribution in [3.05, 3.63) is 39.7 Å². The third-order valence-electron chi connectivity index (χ3n) is 3.95. The lowest BCUT2D eigenvalue weighted by atomic mass is 10.0. The molecule has 1 saturated heterocycles. The van der Waals surface area contributed by atoms with Crippen LogP contribution in [0.4, 0.5) is 10.1 Å². The minimum absolute atomic E-state index is 0.462. The minimum atomic E-state index is -0.760. The first-order valence-corrected chi connectivity index (χ1v) is 6.79. The Morgan fingerprint density at radius 1 is 1.45 bits per heavy atom. The van der Waals surface area contributed by atoms with Gasteiger partial charge in [-0.1, -0.05) is 6.07 Å². The van der Waals surface area contributed by atoms with Crippen molar-refractivity contribution in [2.24, 2.45) is 0 Å². The molecule has 20 heavy (non-hydrogen) atoms. The van der Waals surface area contributed by atoms with E-state index in [0.29, 0.717) is 12.6 Å². The molecule has 1 fully saturated rings. The van der Waals surface area contributed by atoms with Gasteiger partial charge in [0.1, 0.15) is 0 Å². The average molecular weight is 281 g/mol. The third kappa shape index (κ3) is 3.52.